The second-order valence-electron chi connectivity index (χ2n) is 2.96. The van der Waals surface area contributed by atoms with Gasteiger partial charge in [0, 0.05) is 19.1 Å². The molecule has 0 bridgehead atoms. The molecule has 1 saturated heterocycles. The van der Waals surface area contributed by atoms with Crippen LogP contribution in [0, 0.1) is 24.2 Å². The molecular weight excluding hydrogens is 140 g/mol. The molecule has 1 heterocycles. The zero-order valence-electron chi connectivity index (χ0n) is 6.67. The van der Waals surface area contributed by atoms with Crippen molar-refractivity contribution in [2.24, 2.45) is 11.8 Å². The molecule has 2 heteroatoms. The van der Waals surface area contributed by atoms with Gasteiger partial charge in [0.25, 0.3) is 0 Å². The molecule has 0 amide bonds. The van der Waals surface area contributed by atoms with Gasteiger partial charge in [-0.2, -0.15) is 0 Å². The number of ketones is 1. The van der Waals surface area contributed by atoms with Crippen LogP contribution in [0.5, 0.6) is 0 Å². The normalized spacial score (nSPS) is 30.9. The number of carbonyl (C=O) groups is 1. The smallest absolute Gasteiger partial charge is 0.208 e. The molecule has 2 unspecified atom stereocenters. The van der Waals surface area contributed by atoms with E-state index in [9.17, 15) is 4.79 Å². The van der Waals surface area contributed by atoms with E-state index in [1.807, 2.05) is 6.92 Å². The lowest BCUT2D eigenvalue weighted by Gasteiger charge is -2.25. The molecular formula is C9H12O2. The van der Waals surface area contributed by atoms with E-state index < -0.39 is 0 Å². The Labute approximate surface area is 66.9 Å². The number of carbonyl (C=O) groups excluding carboxylic acids is 1. The van der Waals surface area contributed by atoms with Gasteiger partial charge in [-0.3, -0.25) is 4.79 Å². The van der Waals surface area contributed by atoms with E-state index in [0.717, 1.165) is 6.42 Å². The van der Waals surface area contributed by atoms with Crippen LogP contribution in [0.3, 0.4) is 0 Å². The highest BCUT2D eigenvalue weighted by Crippen LogP contribution is 2.21. The van der Waals surface area contributed by atoms with E-state index in [4.69, 9.17) is 11.2 Å². The highest BCUT2D eigenvalue weighted by Gasteiger charge is 2.26. The van der Waals surface area contributed by atoms with Crippen molar-refractivity contribution in [1.29, 1.82) is 0 Å². The average molecular weight is 152 g/mol. The summed E-state index contributed by atoms with van der Waals surface area (Å²) < 4.78 is 5.19. The van der Waals surface area contributed by atoms with Gasteiger partial charge in [0.15, 0.2) is 0 Å². The van der Waals surface area contributed by atoms with Crippen molar-refractivity contribution in [3.05, 3.63) is 0 Å². The topological polar surface area (TPSA) is 26.3 Å². The number of Topliss-reactive ketones (excluding diaryl/α,β-unsaturated/α-hetero) is 1. The second kappa shape index (κ2) is 3.54. The Hall–Kier alpha value is -0.810. The zero-order chi connectivity index (χ0) is 8.27. The minimum atomic E-state index is -0.0687. The van der Waals surface area contributed by atoms with Gasteiger partial charge in [-0.05, 0) is 18.3 Å². The van der Waals surface area contributed by atoms with Crippen molar-refractivity contribution in [3.8, 4) is 12.3 Å². The van der Waals surface area contributed by atoms with Crippen LogP contribution in [-0.4, -0.2) is 19.0 Å². The first-order valence-corrected chi connectivity index (χ1v) is 3.84. The van der Waals surface area contributed by atoms with E-state index >= 15 is 0 Å². The zero-order valence-corrected chi connectivity index (χ0v) is 6.67. The van der Waals surface area contributed by atoms with Crippen LogP contribution >= 0.6 is 0 Å². The standard InChI is InChI=1S/C9H12O2/c1-3-9(10)8-4-5-11-6-7(8)2/h1,7-8H,4-6H2,2H3. The number of hydrogen-bond acceptors (Lipinski definition) is 2. The molecule has 0 N–H and O–H groups in total. The van der Waals surface area contributed by atoms with Gasteiger partial charge >= 0.3 is 0 Å². The van der Waals surface area contributed by atoms with E-state index in [1.54, 1.807) is 0 Å². The van der Waals surface area contributed by atoms with Crippen molar-refractivity contribution in [2.45, 2.75) is 13.3 Å². The number of rotatable bonds is 1. The summed E-state index contributed by atoms with van der Waals surface area (Å²) in [7, 11) is 0. The molecule has 1 fully saturated rings. The van der Waals surface area contributed by atoms with Gasteiger partial charge in [0.1, 0.15) is 0 Å². The summed E-state index contributed by atoms with van der Waals surface area (Å²) in [6, 6.07) is 0. The third kappa shape index (κ3) is 1.81. The molecule has 0 saturated carbocycles. The molecule has 0 aromatic heterocycles. The van der Waals surface area contributed by atoms with Crippen LogP contribution in [0.25, 0.3) is 0 Å². The van der Waals surface area contributed by atoms with E-state index in [1.165, 1.54) is 0 Å². The maximum Gasteiger partial charge on any atom is 0.208 e. The largest absolute Gasteiger partial charge is 0.381 e. The fraction of sp³-hybridized carbons (Fsp3) is 0.667. The van der Waals surface area contributed by atoms with Gasteiger partial charge < -0.3 is 4.74 Å². The molecule has 2 nitrogen and oxygen atoms in total. The van der Waals surface area contributed by atoms with Crippen molar-refractivity contribution < 1.29 is 9.53 Å². The summed E-state index contributed by atoms with van der Waals surface area (Å²) in [6.45, 7) is 3.33. The predicted octanol–water partition coefficient (Wildman–Crippen LogP) is 0.861. The SMILES string of the molecule is C#CC(=O)C1CCOCC1C. The summed E-state index contributed by atoms with van der Waals surface area (Å²) in [5.74, 6) is 2.42. The lowest BCUT2D eigenvalue weighted by Crippen LogP contribution is -2.30. The molecule has 11 heavy (non-hydrogen) atoms. The van der Waals surface area contributed by atoms with Crippen molar-refractivity contribution >= 4 is 5.78 Å². The molecule has 0 aliphatic carbocycles. The van der Waals surface area contributed by atoms with Crippen LogP contribution in [0.4, 0.5) is 0 Å². The second-order valence-corrected chi connectivity index (χ2v) is 2.96. The molecule has 0 spiro atoms. The van der Waals surface area contributed by atoms with E-state index in [-0.39, 0.29) is 17.6 Å². The van der Waals surface area contributed by atoms with Crippen LogP contribution in [0.1, 0.15) is 13.3 Å². The molecule has 0 radical (unpaired) electrons. The number of hydrogen-bond donors (Lipinski definition) is 0. The van der Waals surface area contributed by atoms with Crippen molar-refractivity contribution in [2.75, 3.05) is 13.2 Å². The summed E-state index contributed by atoms with van der Waals surface area (Å²) in [5, 5.41) is 0. The van der Waals surface area contributed by atoms with Gasteiger partial charge in [-0.15, -0.1) is 6.42 Å². The quantitative estimate of drug-likeness (QED) is 0.411. The Bertz CT molecular complexity index is 190. The summed E-state index contributed by atoms with van der Waals surface area (Å²) >= 11 is 0. The predicted molar refractivity (Wildman–Crippen MR) is 41.9 cm³/mol. The summed E-state index contributed by atoms with van der Waals surface area (Å²) in [4.78, 5) is 11.1. The monoisotopic (exact) mass is 152 g/mol. The minimum Gasteiger partial charge on any atom is -0.381 e. The molecule has 1 rings (SSSR count). The third-order valence-corrected chi connectivity index (χ3v) is 2.12. The van der Waals surface area contributed by atoms with Gasteiger partial charge in [-0.1, -0.05) is 6.92 Å². The van der Waals surface area contributed by atoms with Crippen LogP contribution in [-0.2, 0) is 9.53 Å². The van der Waals surface area contributed by atoms with Crippen molar-refractivity contribution in [1.82, 2.24) is 0 Å². The highest BCUT2D eigenvalue weighted by atomic mass is 16.5. The lowest BCUT2D eigenvalue weighted by molar-refractivity contribution is -0.122. The molecule has 1 aliphatic heterocycles. The Morgan fingerprint density at radius 3 is 3.00 bits per heavy atom. The van der Waals surface area contributed by atoms with Crippen LogP contribution in [0.2, 0.25) is 0 Å². The maximum absolute atomic E-state index is 11.1. The van der Waals surface area contributed by atoms with Gasteiger partial charge in [0.05, 0.1) is 0 Å². The first kappa shape index (κ1) is 8.29. The van der Waals surface area contributed by atoms with Crippen LogP contribution < -0.4 is 0 Å². The highest BCUT2D eigenvalue weighted by molar-refractivity contribution is 5.96. The fourth-order valence-corrected chi connectivity index (χ4v) is 1.38. The summed E-state index contributed by atoms with van der Waals surface area (Å²) in [6.07, 6.45) is 5.81. The first-order chi connectivity index (χ1) is 5.25. The minimum absolute atomic E-state index is 0.0359. The summed E-state index contributed by atoms with van der Waals surface area (Å²) in [5.41, 5.74) is 0. The molecule has 1 aliphatic rings. The van der Waals surface area contributed by atoms with E-state index in [2.05, 4.69) is 5.92 Å². The maximum atomic E-state index is 11.1. The van der Waals surface area contributed by atoms with Gasteiger partial charge in [0.2, 0.25) is 5.78 Å². The lowest BCUT2D eigenvalue weighted by atomic mass is 9.87. The molecule has 0 aromatic rings. The molecule has 0 aromatic carbocycles. The van der Waals surface area contributed by atoms with Crippen LogP contribution in [0.15, 0.2) is 0 Å². The Balaban J connectivity index is 2.56. The Morgan fingerprint density at radius 2 is 2.45 bits per heavy atom. The fourth-order valence-electron chi connectivity index (χ4n) is 1.38. The molecule has 2 atom stereocenters. The Morgan fingerprint density at radius 1 is 1.73 bits per heavy atom. The molecule has 60 valence electrons. The Kier molecular flexibility index (Phi) is 2.67. The average Bonchev–Trinajstić information content (AvgIpc) is 2.04. The number of terminal acetylenes is 1. The van der Waals surface area contributed by atoms with E-state index in [0.29, 0.717) is 13.2 Å². The third-order valence-electron chi connectivity index (χ3n) is 2.12. The van der Waals surface area contributed by atoms with Crippen molar-refractivity contribution in [3.63, 3.8) is 0 Å². The number of ether oxygens (including phenoxy) is 1. The van der Waals surface area contributed by atoms with Gasteiger partial charge in [-0.25, -0.2) is 0 Å². The first-order valence-electron chi connectivity index (χ1n) is 3.84.